The molecule has 150 valence electrons. The van der Waals surface area contributed by atoms with Gasteiger partial charge in [-0.15, -0.1) is 0 Å². The maximum absolute atomic E-state index is 12.0. The minimum atomic E-state index is -1.000. The first kappa shape index (κ1) is 19.7. The summed E-state index contributed by atoms with van der Waals surface area (Å²) in [5, 5.41) is 21.3. The molecular weight excluding hydrogens is 360 g/mol. The lowest BCUT2D eigenvalue weighted by molar-refractivity contribution is 0.157. The lowest BCUT2D eigenvalue weighted by Gasteiger charge is -2.35. The highest BCUT2D eigenvalue weighted by atomic mass is 16.4. The summed E-state index contributed by atoms with van der Waals surface area (Å²) in [7, 11) is 0. The van der Waals surface area contributed by atoms with E-state index in [9.17, 15) is 19.8 Å². The SMILES string of the molecule is CC(C)(C)C(NC(=O)O)[C@H]1CCN(c2ccc(-n3ccc(O)cc3=O)cn2)C1. The molecule has 0 aromatic carbocycles. The number of pyridine rings is 2. The number of anilines is 1. The van der Waals surface area contributed by atoms with Crippen LogP contribution in [0.2, 0.25) is 0 Å². The lowest BCUT2D eigenvalue weighted by atomic mass is 9.78. The van der Waals surface area contributed by atoms with Crippen LogP contribution in [0.15, 0.2) is 41.5 Å². The van der Waals surface area contributed by atoms with Crippen LogP contribution in [0.4, 0.5) is 10.6 Å². The van der Waals surface area contributed by atoms with Crippen molar-refractivity contribution in [1.82, 2.24) is 14.9 Å². The second kappa shape index (κ2) is 7.53. The number of nitrogens with zero attached hydrogens (tertiary/aromatic N) is 3. The predicted molar refractivity (Wildman–Crippen MR) is 106 cm³/mol. The van der Waals surface area contributed by atoms with Crippen LogP contribution in [0.25, 0.3) is 5.69 Å². The normalized spacial score (nSPS) is 18.1. The number of hydrogen-bond donors (Lipinski definition) is 3. The van der Waals surface area contributed by atoms with Crippen molar-refractivity contribution in [1.29, 1.82) is 0 Å². The van der Waals surface area contributed by atoms with E-state index in [-0.39, 0.29) is 28.7 Å². The Kier molecular flexibility index (Phi) is 5.31. The summed E-state index contributed by atoms with van der Waals surface area (Å²) in [6.45, 7) is 7.63. The number of aromatic hydroxyl groups is 1. The molecule has 8 nitrogen and oxygen atoms in total. The summed E-state index contributed by atoms with van der Waals surface area (Å²) in [6, 6.07) is 6.12. The molecule has 2 aromatic rings. The topological polar surface area (TPSA) is 108 Å². The van der Waals surface area contributed by atoms with E-state index in [0.717, 1.165) is 24.8 Å². The molecule has 1 amide bonds. The molecule has 1 fully saturated rings. The Labute approximate surface area is 163 Å². The van der Waals surface area contributed by atoms with Crippen LogP contribution >= 0.6 is 0 Å². The van der Waals surface area contributed by atoms with Crippen molar-refractivity contribution >= 4 is 11.9 Å². The minimum Gasteiger partial charge on any atom is -0.508 e. The lowest BCUT2D eigenvalue weighted by Crippen LogP contribution is -2.48. The van der Waals surface area contributed by atoms with Crippen molar-refractivity contribution in [3.05, 3.63) is 47.0 Å². The van der Waals surface area contributed by atoms with E-state index in [0.29, 0.717) is 12.2 Å². The van der Waals surface area contributed by atoms with Crippen molar-refractivity contribution in [3.8, 4) is 11.4 Å². The van der Waals surface area contributed by atoms with E-state index in [1.54, 1.807) is 6.20 Å². The van der Waals surface area contributed by atoms with E-state index in [2.05, 4.69) is 15.2 Å². The van der Waals surface area contributed by atoms with Crippen molar-refractivity contribution in [2.24, 2.45) is 11.3 Å². The third kappa shape index (κ3) is 4.27. The highest BCUT2D eigenvalue weighted by molar-refractivity contribution is 5.65. The predicted octanol–water partition coefficient (Wildman–Crippen LogP) is 2.45. The molecule has 1 aliphatic rings. The summed E-state index contributed by atoms with van der Waals surface area (Å²) in [6.07, 6.45) is 3.01. The highest BCUT2D eigenvalue weighted by Crippen LogP contribution is 2.32. The summed E-state index contributed by atoms with van der Waals surface area (Å²) in [4.78, 5) is 29.8. The number of amides is 1. The first-order chi connectivity index (χ1) is 13.1. The van der Waals surface area contributed by atoms with Gasteiger partial charge in [-0.25, -0.2) is 9.78 Å². The molecule has 3 rings (SSSR count). The summed E-state index contributed by atoms with van der Waals surface area (Å²) in [5.74, 6) is 0.913. The van der Waals surface area contributed by atoms with Gasteiger partial charge in [0.25, 0.3) is 5.56 Å². The van der Waals surface area contributed by atoms with Gasteiger partial charge in [0.05, 0.1) is 11.9 Å². The molecule has 3 N–H and O–H groups in total. The number of nitrogens with one attached hydrogen (secondary N) is 1. The number of carbonyl (C=O) groups is 1. The van der Waals surface area contributed by atoms with Gasteiger partial charge in [0.1, 0.15) is 11.6 Å². The first-order valence-corrected chi connectivity index (χ1v) is 9.27. The molecule has 0 saturated carbocycles. The Morgan fingerprint density at radius 2 is 2.07 bits per heavy atom. The van der Waals surface area contributed by atoms with Crippen LogP contribution in [0, 0.1) is 11.3 Å². The Morgan fingerprint density at radius 3 is 2.64 bits per heavy atom. The van der Waals surface area contributed by atoms with Crippen LogP contribution in [-0.4, -0.2) is 45.0 Å². The van der Waals surface area contributed by atoms with Gasteiger partial charge in [-0.1, -0.05) is 20.8 Å². The fraction of sp³-hybridized carbons (Fsp3) is 0.450. The van der Waals surface area contributed by atoms with Gasteiger partial charge in [-0.2, -0.15) is 0 Å². The van der Waals surface area contributed by atoms with Crippen molar-refractivity contribution in [3.63, 3.8) is 0 Å². The molecular formula is C20H26N4O4. The third-order valence-corrected chi connectivity index (χ3v) is 5.15. The largest absolute Gasteiger partial charge is 0.508 e. The Hall–Kier alpha value is -3.03. The molecule has 3 heterocycles. The molecule has 0 aliphatic carbocycles. The zero-order valence-electron chi connectivity index (χ0n) is 16.3. The number of hydrogen-bond acceptors (Lipinski definition) is 5. The molecule has 2 atom stereocenters. The van der Waals surface area contributed by atoms with E-state index in [1.807, 2.05) is 32.9 Å². The molecule has 0 bridgehead atoms. The summed E-state index contributed by atoms with van der Waals surface area (Å²) < 4.78 is 1.41. The van der Waals surface area contributed by atoms with Crippen LogP contribution in [0.5, 0.6) is 5.75 Å². The number of carboxylic acid groups (broad SMARTS) is 1. The Morgan fingerprint density at radius 1 is 1.32 bits per heavy atom. The fourth-order valence-corrected chi connectivity index (χ4v) is 3.83. The van der Waals surface area contributed by atoms with Crippen molar-refractivity contribution in [2.75, 3.05) is 18.0 Å². The number of aromatic nitrogens is 2. The fourth-order valence-electron chi connectivity index (χ4n) is 3.83. The van der Waals surface area contributed by atoms with Gasteiger partial charge in [0.15, 0.2) is 0 Å². The van der Waals surface area contributed by atoms with Crippen molar-refractivity contribution < 1.29 is 15.0 Å². The van der Waals surface area contributed by atoms with Gasteiger partial charge in [-0.3, -0.25) is 9.36 Å². The number of rotatable bonds is 4. The van der Waals surface area contributed by atoms with E-state index >= 15 is 0 Å². The Bertz CT molecular complexity index is 902. The van der Waals surface area contributed by atoms with E-state index in [4.69, 9.17) is 0 Å². The summed E-state index contributed by atoms with van der Waals surface area (Å²) >= 11 is 0. The molecule has 8 heteroatoms. The molecule has 1 unspecified atom stereocenters. The molecule has 1 saturated heterocycles. The quantitative estimate of drug-likeness (QED) is 0.745. The van der Waals surface area contributed by atoms with Gasteiger partial charge >= 0.3 is 6.09 Å². The van der Waals surface area contributed by atoms with Crippen LogP contribution in [0.1, 0.15) is 27.2 Å². The monoisotopic (exact) mass is 386 g/mol. The maximum Gasteiger partial charge on any atom is 0.404 e. The highest BCUT2D eigenvalue weighted by Gasteiger charge is 2.37. The van der Waals surface area contributed by atoms with Crippen LogP contribution in [-0.2, 0) is 0 Å². The molecule has 1 aliphatic heterocycles. The average Bonchev–Trinajstić information content (AvgIpc) is 3.08. The second-order valence-electron chi connectivity index (χ2n) is 8.26. The first-order valence-electron chi connectivity index (χ1n) is 9.27. The van der Waals surface area contributed by atoms with Gasteiger partial charge < -0.3 is 20.4 Å². The summed E-state index contributed by atoms with van der Waals surface area (Å²) in [5.41, 5.74) is 0.101. The maximum atomic E-state index is 12.0. The standard InChI is InChI=1S/C20H26N4O4/c1-20(2,3)18(22-19(27)28)13-6-8-23(12-13)16-5-4-14(11-21-16)24-9-7-15(25)10-17(24)26/h4-5,7,9-11,13,18,22,25H,6,8,12H2,1-3H3,(H,27,28)/t13-,18?/m0/s1. The second-order valence-corrected chi connectivity index (χ2v) is 8.26. The average molecular weight is 386 g/mol. The molecule has 0 radical (unpaired) electrons. The third-order valence-electron chi connectivity index (χ3n) is 5.15. The van der Waals surface area contributed by atoms with E-state index in [1.165, 1.54) is 16.8 Å². The minimum absolute atomic E-state index is 0.0719. The van der Waals surface area contributed by atoms with Gasteiger partial charge in [0.2, 0.25) is 0 Å². The zero-order valence-corrected chi connectivity index (χ0v) is 16.3. The molecule has 28 heavy (non-hydrogen) atoms. The van der Waals surface area contributed by atoms with Crippen LogP contribution < -0.4 is 15.8 Å². The zero-order chi connectivity index (χ0) is 20.5. The molecule has 2 aromatic heterocycles. The smallest absolute Gasteiger partial charge is 0.404 e. The van der Waals surface area contributed by atoms with Gasteiger partial charge in [0, 0.05) is 31.4 Å². The van der Waals surface area contributed by atoms with Crippen LogP contribution in [0.3, 0.4) is 0 Å². The molecule has 0 spiro atoms. The Balaban J connectivity index is 1.75. The van der Waals surface area contributed by atoms with Crippen molar-refractivity contribution in [2.45, 2.75) is 33.2 Å². The van der Waals surface area contributed by atoms with E-state index < -0.39 is 6.09 Å². The van der Waals surface area contributed by atoms with Gasteiger partial charge in [-0.05, 0) is 36.0 Å².